The molecule has 1 saturated heterocycles. The van der Waals surface area contributed by atoms with Crippen molar-refractivity contribution in [3.8, 4) is 0 Å². The van der Waals surface area contributed by atoms with Crippen molar-refractivity contribution in [2.45, 2.75) is 39.7 Å². The SMILES string of the molecule is CCOC(=O)c1c(N)nc(N2CCC[C@@H](CC)C2)n1Cc1ccccc1Cl. The van der Waals surface area contributed by atoms with Crippen LogP contribution >= 0.6 is 11.6 Å². The summed E-state index contributed by atoms with van der Waals surface area (Å²) in [5.74, 6) is 1.09. The number of piperidine rings is 1. The van der Waals surface area contributed by atoms with E-state index in [4.69, 9.17) is 22.1 Å². The maximum atomic E-state index is 12.6. The maximum absolute atomic E-state index is 12.6. The van der Waals surface area contributed by atoms with Crippen molar-refractivity contribution >= 4 is 29.3 Å². The summed E-state index contributed by atoms with van der Waals surface area (Å²) in [5.41, 5.74) is 7.35. The molecule has 0 amide bonds. The van der Waals surface area contributed by atoms with E-state index in [0.717, 1.165) is 31.5 Å². The average Bonchev–Trinajstić information content (AvgIpc) is 3.00. The Morgan fingerprint density at radius 3 is 2.85 bits per heavy atom. The monoisotopic (exact) mass is 390 g/mol. The summed E-state index contributed by atoms with van der Waals surface area (Å²) in [6, 6.07) is 7.61. The number of aromatic nitrogens is 2. The molecule has 7 heteroatoms. The predicted octanol–water partition coefficient (Wildman–Crippen LogP) is 3.97. The molecule has 1 aliphatic rings. The number of anilines is 2. The fourth-order valence-electron chi connectivity index (χ4n) is 3.64. The number of imidazole rings is 1. The van der Waals surface area contributed by atoms with Crippen molar-refractivity contribution in [2.24, 2.45) is 5.92 Å². The zero-order chi connectivity index (χ0) is 19.4. The Balaban J connectivity index is 2.03. The van der Waals surface area contributed by atoms with E-state index in [1.54, 1.807) is 6.92 Å². The third-order valence-electron chi connectivity index (χ3n) is 5.11. The highest BCUT2D eigenvalue weighted by Crippen LogP contribution is 2.30. The molecule has 3 rings (SSSR count). The number of hydrogen-bond acceptors (Lipinski definition) is 5. The second-order valence-corrected chi connectivity index (χ2v) is 7.31. The van der Waals surface area contributed by atoms with Gasteiger partial charge in [-0.15, -0.1) is 0 Å². The lowest BCUT2D eigenvalue weighted by atomic mass is 9.96. The minimum absolute atomic E-state index is 0.203. The van der Waals surface area contributed by atoms with Crippen LogP contribution in [0.5, 0.6) is 0 Å². The number of nitrogens with zero attached hydrogens (tertiary/aromatic N) is 3. The van der Waals surface area contributed by atoms with Crippen LogP contribution in [0.4, 0.5) is 11.8 Å². The van der Waals surface area contributed by atoms with E-state index < -0.39 is 5.97 Å². The van der Waals surface area contributed by atoms with Crippen molar-refractivity contribution in [3.05, 3.63) is 40.5 Å². The van der Waals surface area contributed by atoms with Crippen LogP contribution in [-0.4, -0.2) is 35.2 Å². The predicted molar refractivity (Wildman–Crippen MR) is 108 cm³/mol. The summed E-state index contributed by atoms with van der Waals surface area (Å²) in [4.78, 5) is 19.3. The molecule has 0 radical (unpaired) electrons. The van der Waals surface area contributed by atoms with Gasteiger partial charge in [-0.2, -0.15) is 4.98 Å². The molecule has 1 atom stereocenters. The molecule has 0 saturated carbocycles. The third-order valence-corrected chi connectivity index (χ3v) is 5.48. The number of nitrogens with two attached hydrogens (primary N) is 1. The van der Waals surface area contributed by atoms with Crippen LogP contribution in [0.2, 0.25) is 5.02 Å². The minimum atomic E-state index is -0.454. The van der Waals surface area contributed by atoms with Crippen molar-refractivity contribution in [3.63, 3.8) is 0 Å². The number of hydrogen-bond donors (Lipinski definition) is 1. The van der Waals surface area contributed by atoms with Gasteiger partial charge in [0.05, 0.1) is 13.2 Å². The lowest BCUT2D eigenvalue weighted by Crippen LogP contribution is -2.37. The highest BCUT2D eigenvalue weighted by atomic mass is 35.5. The molecule has 1 aromatic carbocycles. The first-order valence-corrected chi connectivity index (χ1v) is 9.94. The van der Waals surface area contributed by atoms with Crippen LogP contribution < -0.4 is 10.6 Å². The van der Waals surface area contributed by atoms with E-state index in [-0.39, 0.29) is 12.4 Å². The van der Waals surface area contributed by atoms with Gasteiger partial charge >= 0.3 is 5.97 Å². The van der Waals surface area contributed by atoms with Gasteiger partial charge in [0.1, 0.15) is 0 Å². The Kier molecular flexibility index (Phi) is 6.26. The Morgan fingerprint density at radius 1 is 1.37 bits per heavy atom. The Morgan fingerprint density at radius 2 is 2.15 bits per heavy atom. The number of ether oxygens (including phenoxy) is 1. The topological polar surface area (TPSA) is 73.4 Å². The molecular weight excluding hydrogens is 364 g/mol. The molecular formula is C20H27ClN4O2. The smallest absolute Gasteiger partial charge is 0.358 e. The minimum Gasteiger partial charge on any atom is -0.461 e. The fraction of sp³-hybridized carbons (Fsp3) is 0.500. The van der Waals surface area contributed by atoms with Crippen LogP contribution in [0, 0.1) is 5.92 Å². The second kappa shape index (κ2) is 8.65. The Bertz CT molecular complexity index is 805. The molecule has 2 heterocycles. The second-order valence-electron chi connectivity index (χ2n) is 6.91. The fourth-order valence-corrected chi connectivity index (χ4v) is 3.84. The first kappa shape index (κ1) is 19.5. The number of benzene rings is 1. The Hall–Kier alpha value is -2.21. The number of esters is 1. The van der Waals surface area contributed by atoms with Gasteiger partial charge < -0.3 is 15.4 Å². The van der Waals surface area contributed by atoms with Crippen LogP contribution in [0.1, 0.15) is 49.2 Å². The molecule has 1 aromatic heterocycles. The van der Waals surface area contributed by atoms with Crippen molar-refractivity contribution in [1.82, 2.24) is 9.55 Å². The van der Waals surface area contributed by atoms with E-state index in [1.807, 2.05) is 28.8 Å². The van der Waals surface area contributed by atoms with E-state index >= 15 is 0 Å². The quantitative estimate of drug-likeness (QED) is 0.755. The van der Waals surface area contributed by atoms with Crippen molar-refractivity contribution in [1.29, 1.82) is 0 Å². The van der Waals surface area contributed by atoms with Crippen LogP contribution in [-0.2, 0) is 11.3 Å². The molecule has 0 spiro atoms. The lowest BCUT2D eigenvalue weighted by Gasteiger charge is -2.33. The number of halogens is 1. The van der Waals surface area contributed by atoms with E-state index in [0.29, 0.717) is 29.1 Å². The van der Waals surface area contributed by atoms with Gasteiger partial charge in [-0.3, -0.25) is 4.57 Å². The molecule has 6 nitrogen and oxygen atoms in total. The Labute approximate surface area is 165 Å². The van der Waals surface area contributed by atoms with Gasteiger partial charge in [0, 0.05) is 18.1 Å². The van der Waals surface area contributed by atoms with Crippen molar-refractivity contribution in [2.75, 3.05) is 30.3 Å². The van der Waals surface area contributed by atoms with E-state index in [1.165, 1.54) is 6.42 Å². The molecule has 2 aromatic rings. The zero-order valence-electron chi connectivity index (χ0n) is 15.9. The third kappa shape index (κ3) is 4.21. The van der Waals surface area contributed by atoms with Gasteiger partial charge in [0.25, 0.3) is 0 Å². The van der Waals surface area contributed by atoms with Crippen LogP contribution in [0.3, 0.4) is 0 Å². The van der Waals surface area contributed by atoms with E-state index in [9.17, 15) is 4.79 Å². The standard InChI is InChI=1S/C20H27ClN4O2/c1-3-14-8-7-11-24(12-14)20-23-18(22)17(19(26)27-4-2)25(20)13-15-9-5-6-10-16(15)21/h5-6,9-10,14H,3-4,7-8,11-13,22H2,1-2H3/t14-/m1/s1. The van der Waals surface area contributed by atoms with Gasteiger partial charge in [-0.25, -0.2) is 4.79 Å². The summed E-state index contributed by atoms with van der Waals surface area (Å²) in [6.45, 7) is 6.51. The molecule has 1 aliphatic heterocycles. The highest BCUT2D eigenvalue weighted by Gasteiger charge is 2.28. The van der Waals surface area contributed by atoms with Gasteiger partial charge in [-0.05, 0) is 37.3 Å². The van der Waals surface area contributed by atoms with Gasteiger partial charge in [0.2, 0.25) is 5.95 Å². The number of rotatable bonds is 6. The number of nitrogen functional groups attached to an aromatic ring is 1. The normalized spacial score (nSPS) is 17.1. The largest absolute Gasteiger partial charge is 0.461 e. The van der Waals surface area contributed by atoms with Gasteiger partial charge in [0.15, 0.2) is 11.5 Å². The summed E-state index contributed by atoms with van der Waals surface area (Å²) < 4.78 is 7.08. The molecule has 2 N–H and O–H groups in total. The molecule has 1 fully saturated rings. The van der Waals surface area contributed by atoms with Crippen LogP contribution in [0.25, 0.3) is 0 Å². The summed E-state index contributed by atoms with van der Waals surface area (Å²) in [6.07, 6.45) is 3.45. The molecule has 146 valence electrons. The van der Waals surface area contributed by atoms with Crippen molar-refractivity contribution < 1.29 is 9.53 Å². The zero-order valence-corrected chi connectivity index (χ0v) is 16.7. The van der Waals surface area contributed by atoms with Crippen LogP contribution in [0.15, 0.2) is 24.3 Å². The number of carbonyl (C=O) groups is 1. The molecule has 0 bridgehead atoms. The summed E-state index contributed by atoms with van der Waals surface area (Å²) in [5, 5.41) is 0.649. The van der Waals surface area contributed by atoms with E-state index in [2.05, 4.69) is 16.8 Å². The summed E-state index contributed by atoms with van der Waals surface area (Å²) >= 11 is 6.36. The number of carbonyl (C=O) groups excluding carboxylic acids is 1. The van der Waals surface area contributed by atoms with Gasteiger partial charge in [-0.1, -0.05) is 43.1 Å². The molecule has 0 unspecified atom stereocenters. The molecule has 0 aliphatic carbocycles. The first-order valence-electron chi connectivity index (χ1n) is 9.56. The lowest BCUT2D eigenvalue weighted by molar-refractivity contribution is 0.0516. The average molecular weight is 391 g/mol. The molecule has 27 heavy (non-hydrogen) atoms. The maximum Gasteiger partial charge on any atom is 0.358 e. The first-order chi connectivity index (χ1) is 13.0. The highest BCUT2D eigenvalue weighted by molar-refractivity contribution is 6.31. The summed E-state index contributed by atoms with van der Waals surface area (Å²) in [7, 11) is 0.